The molecule has 96 valence electrons. The average Bonchev–Trinajstić information content (AvgIpc) is 2.44. The van der Waals surface area contributed by atoms with Crippen LogP contribution in [0.4, 0.5) is 10.5 Å². The van der Waals surface area contributed by atoms with Gasteiger partial charge in [0.25, 0.3) is 5.69 Å². The van der Waals surface area contributed by atoms with E-state index < -0.39 is 17.1 Å². The fourth-order valence-electron chi connectivity index (χ4n) is 1.94. The van der Waals surface area contributed by atoms with E-state index >= 15 is 0 Å². The van der Waals surface area contributed by atoms with Crippen molar-refractivity contribution in [2.75, 3.05) is 7.11 Å². The molecule has 2 rings (SSSR count). The SMILES string of the molecule is COC(=O)N1C=Cc2c(cccc2[N+](=O)[O-])C1C#N. The average molecular weight is 259 g/mol. The largest absolute Gasteiger partial charge is 0.452 e. The first-order chi connectivity index (χ1) is 9.10. The highest BCUT2D eigenvalue weighted by Crippen LogP contribution is 2.35. The zero-order valence-corrected chi connectivity index (χ0v) is 9.94. The second-order valence-corrected chi connectivity index (χ2v) is 3.76. The van der Waals surface area contributed by atoms with Gasteiger partial charge in [-0.05, 0) is 6.08 Å². The summed E-state index contributed by atoms with van der Waals surface area (Å²) < 4.78 is 4.57. The van der Waals surface area contributed by atoms with Crippen molar-refractivity contribution < 1.29 is 14.5 Å². The minimum atomic E-state index is -0.938. The van der Waals surface area contributed by atoms with E-state index in [1.807, 2.05) is 6.07 Å². The maximum absolute atomic E-state index is 11.5. The number of nitriles is 1. The molecule has 1 atom stereocenters. The van der Waals surface area contributed by atoms with Gasteiger partial charge in [0.15, 0.2) is 6.04 Å². The van der Waals surface area contributed by atoms with Gasteiger partial charge in [0.05, 0.1) is 23.7 Å². The number of hydrogen-bond donors (Lipinski definition) is 0. The van der Waals surface area contributed by atoms with Crippen molar-refractivity contribution in [3.05, 3.63) is 45.6 Å². The highest BCUT2D eigenvalue weighted by Gasteiger charge is 2.31. The van der Waals surface area contributed by atoms with Crippen molar-refractivity contribution in [2.45, 2.75) is 6.04 Å². The van der Waals surface area contributed by atoms with Gasteiger partial charge in [-0.2, -0.15) is 5.26 Å². The Morgan fingerprint density at radius 1 is 1.58 bits per heavy atom. The predicted molar refractivity (Wildman–Crippen MR) is 64.7 cm³/mol. The zero-order valence-electron chi connectivity index (χ0n) is 9.94. The fourth-order valence-corrected chi connectivity index (χ4v) is 1.94. The lowest BCUT2D eigenvalue weighted by Crippen LogP contribution is -2.31. The topological polar surface area (TPSA) is 96.5 Å². The van der Waals surface area contributed by atoms with Crippen molar-refractivity contribution in [3.63, 3.8) is 0 Å². The van der Waals surface area contributed by atoms with Gasteiger partial charge in [-0.15, -0.1) is 0 Å². The Hall–Kier alpha value is -2.88. The van der Waals surface area contributed by atoms with Crippen LogP contribution < -0.4 is 0 Å². The van der Waals surface area contributed by atoms with Crippen LogP contribution in [-0.2, 0) is 4.74 Å². The lowest BCUT2D eigenvalue weighted by molar-refractivity contribution is -0.385. The minimum absolute atomic E-state index is 0.0986. The van der Waals surface area contributed by atoms with Crippen LogP contribution in [0.5, 0.6) is 0 Å². The second kappa shape index (κ2) is 4.78. The summed E-state index contributed by atoms with van der Waals surface area (Å²) in [5, 5.41) is 20.1. The molecule has 1 aromatic rings. The predicted octanol–water partition coefficient (Wildman–Crippen LogP) is 2.21. The van der Waals surface area contributed by atoms with Gasteiger partial charge in [0, 0.05) is 17.8 Å². The Labute approximate surface area is 108 Å². The number of fused-ring (bicyclic) bond motifs is 1. The van der Waals surface area contributed by atoms with E-state index in [0.29, 0.717) is 11.1 Å². The molecule has 0 aliphatic carbocycles. The molecule has 0 N–H and O–H groups in total. The molecule has 0 spiro atoms. The number of carbonyl (C=O) groups is 1. The van der Waals surface area contributed by atoms with Crippen LogP contribution in [0.1, 0.15) is 17.2 Å². The number of benzene rings is 1. The monoisotopic (exact) mass is 259 g/mol. The second-order valence-electron chi connectivity index (χ2n) is 3.76. The van der Waals surface area contributed by atoms with Crippen LogP contribution in [0.3, 0.4) is 0 Å². The minimum Gasteiger partial charge on any atom is -0.452 e. The molecule has 0 aromatic heterocycles. The summed E-state index contributed by atoms with van der Waals surface area (Å²) in [6.07, 6.45) is 2.05. The van der Waals surface area contributed by atoms with Crippen molar-refractivity contribution in [3.8, 4) is 6.07 Å². The smallest absolute Gasteiger partial charge is 0.414 e. The third-order valence-corrected chi connectivity index (χ3v) is 2.80. The lowest BCUT2D eigenvalue weighted by atomic mass is 9.96. The maximum Gasteiger partial charge on any atom is 0.414 e. The third-order valence-electron chi connectivity index (χ3n) is 2.80. The first-order valence-corrected chi connectivity index (χ1v) is 5.31. The highest BCUT2D eigenvalue weighted by molar-refractivity contribution is 5.76. The molecule has 1 aliphatic heterocycles. The molecule has 1 aliphatic rings. The Bertz CT molecular complexity index is 618. The maximum atomic E-state index is 11.5. The van der Waals surface area contributed by atoms with Crippen molar-refractivity contribution >= 4 is 17.9 Å². The van der Waals surface area contributed by atoms with Crippen LogP contribution in [0, 0.1) is 21.4 Å². The molecule has 0 fully saturated rings. The Kier molecular flexibility index (Phi) is 3.16. The summed E-state index contributed by atoms with van der Waals surface area (Å²) in [6.45, 7) is 0. The highest BCUT2D eigenvalue weighted by atomic mass is 16.6. The number of ether oxygens (including phenoxy) is 1. The molecule has 0 saturated heterocycles. The number of nitro benzene ring substituents is 1. The molecule has 0 bridgehead atoms. The number of nitrogens with zero attached hydrogens (tertiary/aromatic N) is 3. The van der Waals surface area contributed by atoms with E-state index in [1.165, 1.54) is 31.5 Å². The summed E-state index contributed by atoms with van der Waals surface area (Å²) >= 11 is 0. The van der Waals surface area contributed by atoms with E-state index in [1.54, 1.807) is 6.07 Å². The van der Waals surface area contributed by atoms with E-state index in [0.717, 1.165) is 4.90 Å². The Morgan fingerprint density at radius 2 is 2.32 bits per heavy atom. The number of amides is 1. The summed E-state index contributed by atoms with van der Waals surface area (Å²) in [4.78, 5) is 23.0. The van der Waals surface area contributed by atoms with Gasteiger partial charge in [-0.1, -0.05) is 12.1 Å². The van der Waals surface area contributed by atoms with Gasteiger partial charge in [-0.25, -0.2) is 4.79 Å². The van der Waals surface area contributed by atoms with Crippen molar-refractivity contribution in [2.24, 2.45) is 0 Å². The molecule has 1 amide bonds. The molecule has 7 heteroatoms. The number of rotatable bonds is 1. The van der Waals surface area contributed by atoms with Crippen LogP contribution in [0.2, 0.25) is 0 Å². The quantitative estimate of drug-likeness (QED) is 0.569. The van der Waals surface area contributed by atoms with E-state index in [2.05, 4.69) is 4.74 Å². The lowest BCUT2D eigenvalue weighted by Gasteiger charge is -2.26. The summed E-state index contributed by atoms with van der Waals surface area (Å²) in [5.41, 5.74) is 0.641. The van der Waals surface area contributed by atoms with E-state index in [9.17, 15) is 20.2 Å². The molecule has 1 unspecified atom stereocenters. The Balaban J connectivity index is 2.57. The molecule has 19 heavy (non-hydrogen) atoms. The molecular formula is C12H9N3O4. The van der Waals surface area contributed by atoms with Crippen LogP contribution in [0.25, 0.3) is 6.08 Å². The standard InChI is InChI=1S/C12H9N3O4/c1-19-12(16)14-6-5-9-8(11(14)7-13)3-2-4-10(9)15(17)18/h2-6,11H,1H3. The summed E-state index contributed by atoms with van der Waals surface area (Å²) in [7, 11) is 1.20. The number of hydrogen-bond acceptors (Lipinski definition) is 5. The van der Waals surface area contributed by atoms with E-state index in [4.69, 9.17) is 0 Å². The zero-order chi connectivity index (χ0) is 14.0. The van der Waals surface area contributed by atoms with Gasteiger partial charge in [0.2, 0.25) is 0 Å². The Morgan fingerprint density at radius 3 is 2.89 bits per heavy atom. The molecule has 7 nitrogen and oxygen atoms in total. The molecule has 0 radical (unpaired) electrons. The number of nitro groups is 1. The van der Waals surface area contributed by atoms with Gasteiger partial charge >= 0.3 is 6.09 Å². The molecule has 0 saturated carbocycles. The van der Waals surface area contributed by atoms with Crippen molar-refractivity contribution in [1.82, 2.24) is 4.90 Å². The van der Waals surface area contributed by atoms with Crippen LogP contribution >= 0.6 is 0 Å². The first kappa shape index (κ1) is 12.6. The number of methoxy groups -OCH3 is 1. The van der Waals surface area contributed by atoms with Crippen LogP contribution in [0.15, 0.2) is 24.4 Å². The third kappa shape index (κ3) is 1.99. The molecule has 1 aromatic carbocycles. The van der Waals surface area contributed by atoms with Crippen molar-refractivity contribution in [1.29, 1.82) is 5.26 Å². The molecule has 1 heterocycles. The summed E-state index contributed by atoms with van der Waals surface area (Å²) in [6, 6.07) is 5.42. The fraction of sp³-hybridized carbons (Fsp3) is 0.167. The van der Waals surface area contributed by atoms with Gasteiger partial charge in [0.1, 0.15) is 0 Å². The van der Waals surface area contributed by atoms with Gasteiger partial charge in [-0.3, -0.25) is 15.0 Å². The number of carbonyl (C=O) groups excluding carboxylic acids is 1. The van der Waals surface area contributed by atoms with E-state index in [-0.39, 0.29) is 5.69 Å². The van der Waals surface area contributed by atoms with Crippen LogP contribution in [-0.4, -0.2) is 23.0 Å². The first-order valence-electron chi connectivity index (χ1n) is 5.31. The molecular weight excluding hydrogens is 250 g/mol. The normalized spacial score (nSPS) is 16.4. The van der Waals surface area contributed by atoms with Gasteiger partial charge < -0.3 is 4.74 Å². The summed E-state index contributed by atoms with van der Waals surface area (Å²) in [5.74, 6) is 0.